The second kappa shape index (κ2) is 7.44. The number of nitrogens with zero attached hydrogens (tertiary/aromatic N) is 2. The SMILES string of the molecule is CC(C)(C)OC(=O)c1ccc(-c2nc(C3=CCOCC3)cnc2N)cc1F. The van der Waals surface area contributed by atoms with Crippen LogP contribution in [0.25, 0.3) is 16.8 Å². The van der Waals surface area contributed by atoms with Gasteiger partial charge in [0.15, 0.2) is 0 Å². The van der Waals surface area contributed by atoms with Gasteiger partial charge in [-0.05, 0) is 44.9 Å². The molecular weight excluding hydrogens is 349 g/mol. The van der Waals surface area contributed by atoms with Crippen LogP contribution >= 0.6 is 0 Å². The second-order valence-electron chi connectivity index (χ2n) is 7.24. The number of benzene rings is 1. The maximum Gasteiger partial charge on any atom is 0.341 e. The van der Waals surface area contributed by atoms with E-state index in [0.29, 0.717) is 30.2 Å². The van der Waals surface area contributed by atoms with Gasteiger partial charge in [0.1, 0.15) is 22.9 Å². The Morgan fingerprint density at radius 3 is 2.74 bits per heavy atom. The van der Waals surface area contributed by atoms with Crippen LogP contribution in [0, 0.1) is 5.82 Å². The van der Waals surface area contributed by atoms with Crippen molar-refractivity contribution in [2.45, 2.75) is 32.8 Å². The van der Waals surface area contributed by atoms with Crippen LogP contribution in [0.2, 0.25) is 0 Å². The van der Waals surface area contributed by atoms with Gasteiger partial charge in [0, 0.05) is 5.56 Å². The van der Waals surface area contributed by atoms with E-state index < -0.39 is 17.4 Å². The van der Waals surface area contributed by atoms with Crippen LogP contribution in [0.4, 0.5) is 10.2 Å². The fourth-order valence-corrected chi connectivity index (χ4v) is 2.69. The van der Waals surface area contributed by atoms with E-state index in [0.717, 1.165) is 12.0 Å². The zero-order chi connectivity index (χ0) is 19.6. The van der Waals surface area contributed by atoms with Gasteiger partial charge in [-0.1, -0.05) is 12.1 Å². The van der Waals surface area contributed by atoms with Gasteiger partial charge in [0.25, 0.3) is 0 Å². The molecule has 27 heavy (non-hydrogen) atoms. The molecule has 0 saturated heterocycles. The Morgan fingerprint density at radius 1 is 1.33 bits per heavy atom. The molecule has 0 fully saturated rings. The van der Waals surface area contributed by atoms with Crippen molar-refractivity contribution in [3.8, 4) is 11.3 Å². The Morgan fingerprint density at radius 2 is 2.11 bits per heavy atom. The van der Waals surface area contributed by atoms with Crippen molar-refractivity contribution in [1.82, 2.24) is 9.97 Å². The molecule has 2 heterocycles. The number of carbonyl (C=O) groups excluding carboxylic acids is 1. The first-order chi connectivity index (χ1) is 12.7. The van der Waals surface area contributed by atoms with Crippen LogP contribution in [-0.2, 0) is 9.47 Å². The fourth-order valence-electron chi connectivity index (χ4n) is 2.69. The van der Waals surface area contributed by atoms with Crippen molar-refractivity contribution >= 4 is 17.4 Å². The van der Waals surface area contributed by atoms with E-state index in [4.69, 9.17) is 15.2 Å². The van der Waals surface area contributed by atoms with Crippen LogP contribution in [0.5, 0.6) is 0 Å². The van der Waals surface area contributed by atoms with Gasteiger partial charge in [-0.3, -0.25) is 0 Å². The summed E-state index contributed by atoms with van der Waals surface area (Å²) in [7, 11) is 0. The van der Waals surface area contributed by atoms with Gasteiger partial charge in [-0.15, -0.1) is 0 Å². The van der Waals surface area contributed by atoms with Crippen LogP contribution in [-0.4, -0.2) is 34.8 Å². The number of nitrogen functional groups attached to an aromatic ring is 1. The molecule has 0 unspecified atom stereocenters. The maximum atomic E-state index is 14.5. The zero-order valence-corrected chi connectivity index (χ0v) is 15.6. The number of hydrogen-bond acceptors (Lipinski definition) is 6. The first-order valence-corrected chi connectivity index (χ1v) is 8.67. The van der Waals surface area contributed by atoms with E-state index in [2.05, 4.69) is 9.97 Å². The number of nitrogens with two attached hydrogens (primary N) is 1. The summed E-state index contributed by atoms with van der Waals surface area (Å²) >= 11 is 0. The number of carbonyl (C=O) groups is 1. The molecule has 0 saturated carbocycles. The van der Waals surface area contributed by atoms with Gasteiger partial charge in [0.05, 0.1) is 30.7 Å². The molecule has 0 spiro atoms. The van der Waals surface area contributed by atoms with Gasteiger partial charge in [0.2, 0.25) is 0 Å². The first-order valence-electron chi connectivity index (χ1n) is 8.67. The summed E-state index contributed by atoms with van der Waals surface area (Å²) in [6.45, 7) is 6.32. The summed E-state index contributed by atoms with van der Waals surface area (Å²) in [4.78, 5) is 20.9. The van der Waals surface area contributed by atoms with Gasteiger partial charge >= 0.3 is 5.97 Å². The Bertz CT molecular complexity index is 904. The highest BCUT2D eigenvalue weighted by atomic mass is 19.1. The Hall–Kier alpha value is -2.80. The van der Waals surface area contributed by atoms with Crippen molar-refractivity contribution in [1.29, 1.82) is 0 Å². The summed E-state index contributed by atoms with van der Waals surface area (Å²) in [5.41, 5.74) is 7.62. The molecule has 0 aliphatic carbocycles. The molecule has 0 atom stereocenters. The number of hydrogen-bond donors (Lipinski definition) is 1. The normalized spacial score (nSPS) is 14.6. The largest absolute Gasteiger partial charge is 0.456 e. The molecule has 1 aromatic carbocycles. The molecule has 1 aliphatic rings. The third-order valence-corrected chi connectivity index (χ3v) is 3.95. The first kappa shape index (κ1) is 19.0. The smallest absolute Gasteiger partial charge is 0.341 e. The van der Waals surface area contributed by atoms with E-state index >= 15 is 0 Å². The number of anilines is 1. The van der Waals surface area contributed by atoms with Crippen LogP contribution in [0.15, 0.2) is 30.5 Å². The summed E-state index contributed by atoms with van der Waals surface area (Å²) in [5, 5.41) is 0. The minimum atomic E-state index is -0.716. The predicted molar refractivity (Wildman–Crippen MR) is 100 cm³/mol. The Labute approximate surface area is 157 Å². The van der Waals surface area contributed by atoms with E-state index in [9.17, 15) is 9.18 Å². The van der Waals surface area contributed by atoms with E-state index in [1.807, 2.05) is 6.08 Å². The minimum Gasteiger partial charge on any atom is -0.456 e. The number of halogens is 1. The quantitative estimate of drug-likeness (QED) is 0.829. The van der Waals surface area contributed by atoms with E-state index in [1.165, 1.54) is 12.1 Å². The monoisotopic (exact) mass is 371 g/mol. The molecule has 2 aromatic rings. The second-order valence-corrected chi connectivity index (χ2v) is 7.24. The molecule has 3 rings (SSSR count). The number of esters is 1. The Balaban J connectivity index is 1.94. The Kier molecular flexibility index (Phi) is 5.23. The standard InChI is InChI=1S/C20H22FN3O3/c1-20(2,3)27-19(25)14-5-4-13(10-15(14)21)17-18(22)23-11-16(24-17)12-6-8-26-9-7-12/h4-6,10-11H,7-9H2,1-3H3,(H2,22,23). The highest BCUT2D eigenvalue weighted by Crippen LogP contribution is 2.28. The summed E-state index contributed by atoms with van der Waals surface area (Å²) < 4.78 is 25.1. The molecule has 0 radical (unpaired) electrons. The van der Waals surface area contributed by atoms with Gasteiger partial charge in [-0.25, -0.2) is 19.2 Å². The number of ether oxygens (including phenoxy) is 2. The molecule has 6 nitrogen and oxygen atoms in total. The fraction of sp³-hybridized carbons (Fsp3) is 0.350. The lowest BCUT2D eigenvalue weighted by molar-refractivity contribution is 0.00647. The number of aromatic nitrogens is 2. The van der Waals surface area contributed by atoms with Crippen molar-refractivity contribution in [2.75, 3.05) is 18.9 Å². The molecule has 0 amide bonds. The maximum absolute atomic E-state index is 14.5. The lowest BCUT2D eigenvalue weighted by atomic mass is 10.1. The third kappa shape index (κ3) is 4.49. The van der Waals surface area contributed by atoms with Crippen molar-refractivity contribution in [2.24, 2.45) is 0 Å². The predicted octanol–water partition coefficient (Wildman–Crippen LogP) is 3.62. The molecule has 7 heteroatoms. The minimum absolute atomic E-state index is 0.136. The third-order valence-electron chi connectivity index (χ3n) is 3.95. The van der Waals surface area contributed by atoms with Crippen molar-refractivity contribution < 1.29 is 18.7 Å². The van der Waals surface area contributed by atoms with Crippen LogP contribution < -0.4 is 5.73 Å². The highest BCUT2D eigenvalue weighted by Gasteiger charge is 2.22. The summed E-state index contributed by atoms with van der Waals surface area (Å²) in [6.07, 6.45) is 4.27. The molecule has 142 valence electrons. The average Bonchev–Trinajstić information content (AvgIpc) is 2.61. The van der Waals surface area contributed by atoms with Crippen LogP contribution in [0.1, 0.15) is 43.2 Å². The molecule has 0 bridgehead atoms. The lowest BCUT2D eigenvalue weighted by Crippen LogP contribution is -2.24. The molecular formula is C20H22FN3O3. The molecule has 2 N–H and O–H groups in total. The summed E-state index contributed by atoms with van der Waals surface area (Å²) in [6, 6.07) is 4.19. The van der Waals surface area contributed by atoms with E-state index in [1.54, 1.807) is 33.0 Å². The number of rotatable bonds is 3. The van der Waals surface area contributed by atoms with Gasteiger partial charge in [-0.2, -0.15) is 0 Å². The van der Waals surface area contributed by atoms with E-state index in [-0.39, 0.29) is 11.4 Å². The topological polar surface area (TPSA) is 87.3 Å². The lowest BCUT2D eigenvalue weighted by Gasteiger charge is -2.19. The van der Waals surface area contributed by atoms with Crippen molar-refractivity contribution in [3.63, 3.8) is 0 Å². The highest BCUT2D eigenvalue weighted by molar-refractivity contribution is 5.91. The van der Waals surface area contributed by atoms with Crippen molar-refractivity contribution in [3.05, 3.63) is 47.5 Å². The van der Waals surface area contributed by atoms with Gasteiger partial charge < -0.3 is 15.2 Å². The summed E-state index contributed by atoms with van der Waals surface area (Å²) in [5.74, 6) is -1.22. The molecule has 1 aliphatic heterocycles. The van der Waals surface area contributed by atoms with Crippen LogP contribution in [0.3, 0.4) is 0 Å². The zero-order valence-electron chi connectivity index (χ0n) is 15.6. The molecule has 1 aromatic heterocycles. The average molecular weight is 371 g/mol.